The number of rotatable bonds is 0. The Labute approximate surface area is 108 Å². The van der Waals surface area contributed by atoms with Crippen LogP contribution in [-0.4, -0.2) is 0 Å². The van der Waals surface area contributed by atoms with E-state index in [1.54, 1.807) is 0 Å². The van der Waals surface area contributed by atoms with Crippen molar-refractivity contribution in [1.82, 2.24) is 0 Å². The Morgan fingerprint density at radius 1 is 0.733 bits per heavy atom. The first-order valence-electron chi connectivity index (χ1n) is 5.02. The first-order valence-corrected chi connectivity index (χ1v) is 5.02. The Balaban J connectivity index is 0. The van der Waals surface area contributed by atoms with Gasteiger partial charge in [0, 0.05) is 0 Å². The maximum atomic E-state index is 2.99. The zero-order valence-electron chi connectivity index (χ0n) is 9.43. The third kappa shape index (κ3) is 11.5. The molecule has 0 aromatic carbocycles. The molecule has 0 saturated carbocycles. The van der Waals surface area contributed by atoms with Crippen molar-refractivity contribution in [3.63, 3.8) is 0 Å². The molecule has 2 aliphatic carbocycles. The van der Waals surface area contributed by atoms with Gasteiger partial charge in [0.15, 0.2) is 0 Å². The summed E-state index contributed by atoms with van der Waals surface area (Å²) in [5.41, 5.74) is 0. The van der Waals surface area contributed by atoms with Crippen molar-refractivity contribution in [2.75, 3.05) is 0 Å². The van der Waals surface area contributed by atoms with Gasteiger partial charge < -0.3 is 7.43 Å². The summed E-state index contributed by atoms with van der Waals surface area (Å²) in [5, 5.41) is 0. The van der Waals surface area contributed by atoms with Gasteiger partial charge in [-0.15, -0.1) is 6.42 Å². The van der Waals surface area contributed by atoms with Crippen LogP contribution in [0.25, 0.3) is 0 Å². The first kappa shape index (κ1) is 17.0. The molecule has 2 aliphatic rings. The van der Waals surface area contributed by atoms with Gasteiger partial charge in [-0.3, -0.25) is 6.08 Å². The summed E-state index contributed by atoms with van der Waals surface area (Å²) >= 11 is 0. The van der Waals surface area contributed by atoms with E-state index in [1.807, 2.05) is 12.2 Å². The van der Waals surface area contributed by atoms with Gasteiger partial charge in [-0.25, -0.2) is 12.2 Å². The van der Waals surface area contributed by atoms with Gasteiger partial charge >= 0.3 is 19.5 Å². The number of hydrogen-bond donors (Lipinski definition) is 0. The Morgan fingerprint density at radius 2 is 1.20 bits per heavy atom. The van der Waals surface area contributed by atoms with Crippen LogP contribution in [0.5, 0.6) is 0 Å². The van der Waals surface area contributed by atoms with E-state index in [4.69, 9.17) is 0 Å². The standard InChI is InChI=1S/C8H12.C5H5.CH3.Ru/c1-2-4-6-8-7-5-3-1;1-2-4-5-3-1;;/h1-2,7-8H,3-6H2;1-3H,4H2;1H3;/q;2*-1;+2. The third-order valence-electron chi connectivity index (χ3n) is 1.92. The molecule has 0 saturated heterocycles. The van der Waals surface area contributed by atoms with Crippen LogP contribution in [0, 0.1) is 13.5 Å². The molecule has 0 heterocycles. The van der Waals surface area contributed by atoms with Crippen LogP contribution < -0.4 is 0 Å². The monoisotopic (exact) mass is 290 g/mol. The predicted molar refractivity (Wildman–Crippen MR) is 64.7 cm³/mol. The minimum Gasteiger partial charge on any atom is -0.358 e. The van der Waals surface area contributed by atoms with Gasteiger partial charge in [-0.1, -0.05) is 24.3 Å². The van der Waals surface area contributed by atoms with Gasteiger partial charge in [-0.2, -0.15) is 6.08 Å². The molecule has 0 unspecified atom stereocenters. The Bertz CT molecular complexity index is 185. The molecule has 0 nitrogen and oxygen atoms in total. The zero-order valence-corrected chi connectivity index (χ0v) is 11.2. The molecule has 84 valence electrons. The van der Waals surface area contributed by atoms with Crippen molar-refractivity contribution in [2.24, 2.45) is 0 Å². The molecule has 0 spiro atoms. The van der Waals surface area contributed by atoms with Crippen molar-refractivity contribution in [3.8, 4) is 0 Å². The molecular formula is C14H20Ru. The predicted octanol–water partition coefficient (Wildman–Crippen LogP) is 4.43. The van der Waals surface area contributed by atoms with Crippen LogP contribution in [0.2, 0.25) is 0 Å². The molecule has 0 aromatic rings. The van der Waals surface area contributed by atoms with Gasteiger partial charge in [0.1, 0.15) is 0 Å². The molecule has 0 bridgehead atoms. The Morgan fingerprint density at radius 3 is 1.40 bits per heavy atom. The number of hydrogen-bond acceptors (Lipinski definition) is 0. The fourth-order valence-corrected chi connectivity index (χ4v) is 1.20. The van der Waals surface area contributed by atoms with Gasteiger partial charge in [-0.05, 0) is 25.7 Å². The molecule has 2 rings (SSSR count). The van der Waals surface area contributed by atoms with Crippen LogP contribution in [0.1, 0.15) is 32.1 Å². The Hall–Kier alpha value is -0.417. The summed E-state index contributed by atoms with van der Waals surface area (Å²) in [4.78, 5) is 0. The third-order valence-corrected chi connectivity index (χ3v) is 1.92. The van der Waals surface area contributed by atoms with Crippen molar-refractivity contribution in [2.45, 2.75) is 32.1 Å². The normalized spacial score (nSPS) is 16.5. The van der Waals surface area contributed by atoms with Crippen molar-refractivity contribution >= 4 is 0 Å². The first-order chi connectivity index (χ1) is 6.50. The average Bonchev–Trinajstić information content (AvgIpc) is 2.58. The van der Waals surface area contributed by atoms with Crippen molar-refractivity contribution in [3.05, 3.63) is 56.0 Å². The van der Waals surface area contributed by atoms with E-state index in [2.05, 4.69) is 36.5 Å². The van der Waals surface area contributed by atoms with Crippen LogP contribution in [0.4, 0.5) is 0 Å². The molecule has 0 atom stereocenters. The van der Waals surface area contributed by atoms with E-state index in [0.29, 0.717) is 0 Å². The van der Waals surface area contributed by atoms with E-state index < -0.39 is 0 Å². The molecule has 0 aliphatic heterocycles. The summed E-state index contributed by atoms with van der Waals surface area (Å²) < 4.78 is 0. The fourth-order valence-electron chi connectivity index (χ4n) is 1.20. The molecule has 1 heteroatoms. The summed E-state index contributed by atoms with van der Waals surface area (Å²) in [6.45, 7) is 0. The van der Waals surface area contributed by atoms with Gasteiger partial charge in [0.05, 0.1) is 0 Å². The SMILES string of the molecule is C1=CCCC=CCC1.[C-]1=CC=CC1.[CH3-].[Ru+2]. The maximum Gasteiger partial charge on any atom is 2.00 e. The minimum atomic E-state index is 0. The largest absolute Gasteiger partial charge is 2.00 e. The molecular weight excluding hydrogens is 269 g/mol. The second-order valence-corrected chi connectivity index (χ2v) is 3.10. The van der Waals surface area contributed by atoms with E-state index in [1.165, 1.54) is 25.7 Å². The zero-order chi connectivity index (χ0) is 9.19. The van der Waals surface area contributed by atoms with Crippen LogP contribution in [-0.2, 0) is 19.5 Å². The van der Waals surface area contributed by atoms with E-state index in [9.17, 15) is 0 Å². The minimum absolute atomic E-state index is 0. The van der Waals surface area contributed by atoms with Gasteiger partial charge in [0.25, 0.3) is 0 Å². The topological polar surface area (TPSA) is 0 Å². The fraction of sp³-hybridized carbons (Fsp3) is 0.357. The summed E-state index contributed by atoms with van der Waals surface area (Å²) in [6.07, 6.45) is 24.0. The number of allylic oxidation sites excluding steroid dienone is 8. The van der Waals surface area contributed by atoms with Crippen molar-refractivity contribution in [1.29, 1.82) is 0 Å². The van der Waals surface area contributed by atoms with Crippen LogP contribution >= 0.6 is 0 Å². The molecule has 15 heavy (non-hydrogen) atoms. The van der Waals surface area contributed by atoms with E-state index >= 15 is 0 Å². The molecule has 0 fully saturated rings. The summed E-state index contributed by atoms with van der Waals surface area (Å²) in [6, 6.07) is 0. The molecule has 0 radical (unpaired) electrons. The van der Waals surface area contributed by atoms with Gasteiger partial charge in [0.2, 0.25) is 0 Å². The summed E-state index contributed by atoms with van der Waals surface area (Å²) in [7, 11) is 0. The van der Waals surface area contributed by atoms with E-state index in [-0.39, 0.29) is 26.9 Å². The Kier molecular flexibility index (Phi) is 15.4. The average molecular weight is 289 g/mol. The maximum absolute atomic E-state index is 2.99. The van der Waals surface area contributed by atoms with Crippen LogP contribution in [0.3, 0.4) is 0 Å². The van der Waals surface area contributed by atoms with Crippen molar-refractivity contribution < 1.29 is 19.5 Å². The smallest absolute Gasteiger partial charge is 0.358 e. The molecule has 0 amide bonds. The second-order valence-electron chi connectivity index (χ2n) is 3.10. The summed E-state index contributed by atoms with van der Waals surface area (Å²) in [5.74, 6) is 0. The van der Waals surface area contributed by atoms with E-state index in [0.717, 1.165) is 6.42 Å². The van der Waals surface area contributed by atoms with Crippen LogP contribution in [0.15, 0.2) is 42.5 Å². The quantitative estimate of drug-likeness (QED) is 0.352. The molecule has 0 aromatic heterocycles. The molecule has 0 N–H and O–H groups in total. The second kappa shape index (κ2) is 13.6.